The molecule has 0 aromatic rings. The van der Waals surface area contributed by atoms with Gasteiger partial charge in [-0.05, 0) is 6.92 Å². The van der Waals surface area contributed by atoms with Crippen LogP contribution in [0.1, 0.15) is 6.92 Å². The molecular formula is C5H7N3O4. The molecule has 0 aliphatic heterocycles. The topological polar surface area (TPSA) is 126 Å². The van der Waals surface area contributed by atoms with Crippen molar-refractivity contribution in [2.24, 2.45) is 10.9 Å². The van der Waals surface area contributed by atoms with E-state index in [1.165, 1.54) is 6.92 Å². The van der Waals surface area contributed by atoms with Crippen molar-refractivity contribution in [1.82, 2.24) is 0 Å². The minimum atomic E-state index is -1.45. The van der Waals surface area contributed by atoms with Gasteiger partial charge in [-0.15, -0.1) is 0 Å². The number of aliphatic carboxylic acids is 1. The Balaban J connectivity index is 4.51. The van der Waals surface area contributed by atoms with Crippen LogP contribution in [0.5, 0.6) is 0 Å². The second kappa shape index (κ2) is 4.06. The van der Waals surface area contributed by atoms with Gasteiger partial charge in [0.2, 0.25) is 5.71 Å². The van der Waals surface area contributed by atoms with Crippen molar-refractivity contribution < 1.29 is 19.5 Å². The summed E-state index contributed by atoms with van der Waals surface area (Å²) in [6.45, 7) is 1.19. The third-order valence-electron chi connectivity index (χ3n) is 0.785. The molecule has 0 rings (SSSR count). The number of carbonyl (C=O) groups is 2. The van der Waals surface area contributed by atoms with Gasteiger partial charge >= 0.3 is 12.1 Å². The van der Waals surface area contributed by atoms with E-state index in [9.17, 15) is 9.59 Å². The Labute approximate surface area is 67.3 Å². The third kappa shape index (κ3) is 3.30. The minimum Gasteiger partial charge on any atom is -0.476 e. The van der Waals surface area contributed by atoms with Crippen LogP contribution in [0.15, 0.2) is 5.16 Å². The lowest BCUT2D eigenvalue weighted by Gasteiger charge is -1.95. The fraction of sp³-hybridized carbons (Fsp3) is 0.200. The molecule has 66 valence electrons. The molecule has 0 heterocycles. The number of rotatable bonds is 3. The van der Waals surface area contributed by atoms with E-state index in [1.54, 1.807) is 0 Å². The van der Waals surface area contributed by atoms with Gasteiger partial charge in [0.05, 0.1) is 5.71 Å². The number of nitrogens with two attached hydrogens (primary N) is 1. The number of hydrogen-bond acceptors (Lipinski definition) is 5. The summed E-state index contributed by atoms with van der Waals surface area (Å²) in [7, 11) is 0. The van der Waals surface area contributed by atoms with E-state index in [4.69, 9.17) is 10.5 Å². The van der Waals surface area contributed by atoms with Gasteiger partial charge in [-0.2, -0.15) is 0 Å². The van der Waals surface area contributed by atoms with Crippen LogP contribution in [0.25, 0.3) is 0 Å². The van der Waals surface area contributed by atoms with Crippen molar-refractivity contribution in [2.45, 2.75) is 6.92 Å². The lowest BCUT2D eigenvalue weighted by Crippen LogP contribution is -2.22. The number of primary amides is 1. The standard InChI is InChI=1S/C5H7N3O4/c1-2(6)3(4(9)10)8-12-5(7)11/h6H,1H3,(H2,7,11)(H,9,10). The molecule has 7 nitrogen and oxygen atoms in total. The Hall–Kier alpha value is -1.92. The van der Waals surface area contributed by atoms with Gasteiger partial charge in [0.15, 0.2) is 0 Å². The summed E-state index contributed by atoms with van der Waals surface area (Å²) < 4.78 is 0. The van der Waals surface area contributed by atoms with E-state index in [-0.39, 0.29) is 5.71 Å². The van der Waals surface area contributed by atoms with Crippen LogP contribution in [-0.2, 0) is 9.63 Å². The van der Waals surface area contributed by atoms with Gasteiger partial charge in [-0.1, -0.05) is 5.16 Å². The first-order valence-corrected chi connectivity index (χ1v) is 2.78. The molecule has 0 unspecified atom stereocenters. The Kier molecular flexibility index (Phi) is 3.41. The van der Waals surface area contributed by atoms with Crippen LogP contribution in [0.4, 0.5) is 4.79 Å². The zero-order valence-electron chi connectivity index (χ0n) is 6.20. The molecule has 0 saturated carbocycles. The number of carboxylic acids is 1. The molecule has 0 aromatic carbocycles. The van der Waals surface area contributed by atoms with Gasteiger partial charge in [0, 0.05) is 0 Å². The summed E-state index contributed by atoms with van der Waals surface area (Å²) in [5.41, 5.74) is 3.52. The Morgan fingerprint density at radius 3 is 2.33 bits per heavy atom. The van der Waals surface area contributed by atoms with Gasteiger partial charge in [0.1, 0.15) is 0 Å². The second-order valence-electron chi connectivity index (χ2n) is 1.78. The molecule has 0 bridgehead atoms. The minimum absolute atomic E-state index is 0.330. The zero-order valence-corrected chi connectivity index (χ0v) is 6.20. The predicted molar refractivity (Wildman–Crippen MR) is 39.1 cm³/mol. The lowest BCUT2D eigenvalue weighted by molar-refractivity contribution is -0.129. The summed E-state index contributed by atoms with van der Waals surface area (Å²) in [6, 6.07) is 0. The maximum Gasteiger partial charge on any atom is 0.430 e. The van der Waals surface area contributed by atoms with Crippen molar-refractivity contribution in [2.75, 3.05) is 0 Å². The number of oxime groups is 1. The second-order valence-corrected chi connectivity index (χ2v) is 1.78. The summed E-state index contributed by atoms with van der Waals surface area (Å²) in [5, 5.41) is 18.1. The third-order valence-corrected chi connectivity index (χ3v) is 0.785. The zero-order chi connectivity index (χ0) is 9.72. The number of amides is 1. The van der Waals surface area contributed by atoms with Crippen LogP contribution in [0.3, 0.4) is 0 Å². The fourth-order valence-electron chi connectivity index (χ4n) is 0.359. The monoisotopic (exact) mass is 173 g/mol. The summed E-state index contributed by atoms with van der Waals surface area (Å²) in [5.74, 6) is -1.45. The smallest absolute Gasteiger partial charge is 0.430 e. The van der Waals surface area contributed by atoms with Gasteiger partial charge in [0.25, 0.3) is 0 Å². The Morgan fingerprint density at radius 2 is 2.08 bits per heavy atom. The highest BCUT2D eigenvalue weighted by molar-refractivity contribution is 6.64. The molecule has 0 aliphatic carbocycles. The number of carboxylic acid groups (broad SMARTS) is 1. The van der Waals surface area contributed by atoms with Crippen LogP contribution in [0, 0.1) is 5.41 Å². The number of nitrogens with zero attached hydrogens (tertiary/aromatic N) is 1. The maximum absolute atomic E-state index is 10.2. The molecule has 0 aromatic heterocycles. The van der Waals surface area contributed by atoms with E-state index in [1.807, 2.05) is 0 Å². The Bertz CT molecular complexity index is 241. The van der Waals surface area contributed by atoms with Crippen molar-refractivity contribution in [3.63, 3.8) is 0 Å². The van der Waals surface area contributed by atoms with Gasteiger partial charge < -0.3 is 16.2 Å². The molecule has 1 amide bonds. The SMILES string of the molecule is CC(=N)C(=NOC(N)=O)C(=O)O. The van der Waals surface area contributed by atoms with Crippen LogP contribution in [0.2, 0.25) is 0 Å². The first-order valence-electron chi connectivity index (χ1n) is 2.78. The fourth-order valence-corrected chi connectivity index (χ4v) is 0.359. The molecular weight excluding hydrogens is 166 g/mol. The molecule has 0 atom stereocenters. The predicted octanol–water partition coefficient (Wildman–Crippen LogP) is -0.438. The van der Waals surface area contributed by atoms with E-state index in [0.717, 1.165) is 0 Å². The first-order chi connectivity index (χ1) is 5.45. The molecule has 7 heteroatoms. The summed E-state index contributed by atoms with van der Waals surface area (Å²) in [6.07, 6.45) is -1.23. The summed E-state index contributed by atoms with van der Waals surface area (Å²) >= 11 is 0. The highest BCUT2D eigenvalue weighted by atomic mass is 16.7. The molecule has 0 radical (unpaired) electrons. The lowest BCUT2D eigenvalue weighted by atomic mass is 10.3. The highest BCUT2D eigenvalue weighted by Gasteiger charge is 2.13. The van der Waals surface area contributed by atoms with Crippen molar-refractivity contribution in [3.8, 4) is 0 Å². The molecule has 0 spiro atoms. The average molecular weight is 173 g/mol. The quantitative estimate of drug-likeness (QED) is 0.304. The first kappa shape index (κ1) is 10.1. The van der Waals surface area contributed by atoms with Crippen molar-refractivity contribution >= 4 is 23.5 Å². The highest BCUT2D eigenvalue weighted by Crippen LogP contribution is 1.85. The van der Waals surface area contributed by atoms with Gasteiger partial charge in [-0.3, -0.25) is 4.84 Å². The molecule has 0 saturated heterocycles. The molecule has 12 heavy (non-hydrogen) atoms. The molecule has 4 N–H and O–H groups in total. The van der Waals surface area contributed by atoms with Crippen LogP contribution in [-0.4, -0.2) is 28.6 Å². The van der Waals surface area contributed by atoms with E-state index in [2.05, 4.69) is 15.7 Å². The van der Waals surface area contributed by atoms with Gasteiger partial charge in [-0.25, -0.2) is 9.59 Å². The van der Waals surface area contributed by atoms with E-state index >= 15 is 0 Å². The normalized spacial score (nSPS) is 10.6. The molecule has 0 fully saturated rings. The number of carbonyl (C=O) groups excluding carboxylic acids is 1. The number of hydrogen-bond donors (Lipinski definition) is 3. The average Bonchev–Trinajstić information content (AvgIpc) is 1.84. The van der Waals surface area contributed by atoms with E-state index < -0.39 is 17.8 Å². The largest absolute Gasteiger partial charge is 0.476 e. The van der Waals surface area contributed by atoms with E-state index in [0.29, 0.717) is 0 Å². The van der Waals surface area contributed by atoms with Crippen LogP contribution < -0.4 is 5.73 Å². The van der Waals surface area contributed by atoms with Crippen LogP contribution >= 0.6 is 0 Å². The molecule has 0 aliphatic rings. The number of nitrogens with one attached hydrogen (secondary N) is 1. The van der Waals surface area contributed by atoms with Crippen molar-refractivity contribution in [3.05, 3.63) is 0 Å². The maximum atomic E-state index is 10.2. The van der Waals surface area contributed by atoms with Crippen molar-refractivity contribution in [1.29, 1.82) is 5.41 Å². The Morgan fingerprint density at radius 1 is 1.58 bits per heavy atom. The summed E-state index contributed by atoms with van der Waals surface area (Å²) in [4.78, 5) is 24.1.